The van der Waals surface area contributed by atoms with Gasteiger partial charge in [0.2, 0.25) is 5.91 Å². The Hall–Kier alpha value is -1.14. The van der Waals surface area contributed by atoms with Gasteiger partial charge in [-0.25, -0.2) is 0 Å². The predicted molar refractivity (Wildman–Crippen MR) is 95.2 cm³/mol. The summed E-state index contributed by atoms with van der Waals surface area (Å²) in [6.07, 6.45) is 2.59. The summed E-state index contributed by atoms with van der Waals surface area (Å²) in [4.78, 5) is 14.4. The maximum Gasteiger partial charge on any atom is 0.234 e. The van der Waals surface area contributed by atoms with Crippen molar-refractivity contribution in [1.82, 2.24) is 15.5 Å². The van der Waals surface area contributed by atoms with Crippen LogP contribution in [0.15, 0.2) is 24.3 Å². The molecule has 0 aromatic heterocycles. The second-order valence-electron chi connectivity index (χ2n) is 6.59. The molecule has 2 aliphatic rings. The Morgan fingerprint density at radius 3 is 2.62 bits per heavy atom. The van der Waals surface area contributed by atoms with E-state index in [0.29, 0.717) is 13.1 Å². The van der Waals surface area contributed by atoms with Gasteiger partial charge in [0.25, 0.3) is 0 Å². The average molecular weight is 352 g/mol. The molecular formula is C18H26ClN3O2. The lowest BCUT2D eigenvalue weighted by Crippen LogP contribution is -2.45. The van der Waals surface area contributed by atoms with Crippen molar-refractivity contribution in [1.29, 1.82) is 0 Å². The number of amides is 1. The monoisotopic (exact) mass is 351 g/mol. The molecule has 0 bridgehead atoms. The maximum atomic E-state index is 12.1. The van der Waals surface area contributed by atoms with Gasteiger partial charge in [-0.05, 0) is 43.0 Å². The summed E-state index contributed by atoms with van der Waals surface area (Å²) in [6, 6.07) is 8.05. The van der Waals surface area contributed by atoms with E-state index in [9.17, 15) is 4.79 Å². The fourth-order valence-corrected chi connectivity index (χ4v) is 3.14. The number of nitrogens with one attached hydrogen (secondary N) is 2. The molecule has 132 valence electrons. The third kappa shape index (κ3) is 5.45. The number of halogens is 1. The molecule has 1 heterocycles. The molecular weight excluding hydrogens is 326 g/mol. The first kappa shape index (κ1) is 17.7. The van der Waals surface area contributed by atoms with Crippen LogP contribution in [0.4, 0.5) is 0 Å². The predicted octanol–water partition coefficient (Wildman–Crippen LogP) is 1.83. The minimum atomic E-state index is 0.0582. The van der Waals surface area contributed by atoms with Crippen molar-refractivity contribution in [2.45, 2.75) is 18.9 Å². The highest BCUT2D eigenvalue weighted by atomic mass is 35.5. The van der Waals surface area contributed by atoms with Crippen molar-refractivity contribution in [3.63, 3.8) is 0 Å². The molecule has 1 aliphatic carbocycles. The summed E-state index contributed by atoms with van der Waals surface area (Å²) in [5.74, 6) is 0.843. The maximum absolute atomic E-state index is 12.1. The molecule has 1 saturated heterocycles. The van der Waals surface area contributed by atoms with Gasteiger partial charge in [0.1, 0.15) is 0 Å². The van der Waals surface area contributed by atoms with Gasteiger partial charge >= 0.3 is 0 Å². The summed E-state index contributed by atoms with van der Waals surface area (Å²) in [5.41, 5.74) is 1.17. The van der Waals surface area contributed by atoms with E-state index >= 15 is 0 Å². The van der Waals surface area contributed by atoms with E-state index in [1.807, 2.05) is 24.3 Å². The molecule has 2 N–H and O–H groups in total. The van der Waals surface area contributed by atoms with Crippen molar-refractivity contribution in [2.75, 3.05) is 45.9 Å². The molecule has 1 aromatic carbocycles. The molecule has 5 nitrogen and oxygen atoms in total. The van der Waals surface area contributed by atoms with Gasteiger partial charge in [0.15, 0.2) is 0 Å². The number of nitrogens with zero attached hydrogens (tertiary/aromatic N) is 1. The molecule has 6 heteroatoms. The van der Waals surface area contributed by atoms with Gasteiger partial charge in [-0.1, -0.05) is 23.7 Å². The number of carbonyl (C=O) groups excluding carboxylic acids is 1. The number of hydrogen-bond acceptors (Lipinski definition) is 4. The number of carbonyl (C=O) groups is 1. The van der Waals surface area contributed by atoms with Gasteiger partial charge in [-0.3, -0.25) is 9.69 Å². The Bertz CT molecular complexity index is 528. The Labute approximate surface area is 148 Å². The molecule has 3 rings (SSSR count). The van der Waals surface area contributed by atoms with Crippen molar-refractivity contribution >= 4 is 17.5 Å². The van der Waals surface area contributed by atoms with Crippen molar-refractivity contribution in [3.8, 4) is 0 Å². The number of ether oxygens (including phenoxy) is 1. The lowest BCUT2D eigenvalue weighted by molar-refractivity contribution is -0.120. The number of morpholine rings is 1. The minimum absolute atomic E-state index is 0.0582. The quantitative estimate of drug-likeness (QED) is 0.750. The first-order valence-corrected chi connectivity index (χ1v) is 9.15. The van der Waals surface area contributed by atoms with E-state index in [2.05, 4.69) is 15.5 Å². The second kappa shape index (κ2) is 8.81. The van der Waals surface area contributed by atoms with E-state index < -0.39 is 0 Å². The lowest BCUT2D eigenvalue weighted by Gasteiger charge is -2.35. The van der Waals surface area contributed by atoms with Crippen LogP contribution in [0, 0.1) is 5.92 Å². The highest BCUT2D eigenvalue weighted by molar-refractivity contribution is 6.30. The van der Waals surface area contributed by atoms with E-state index in [0.717, 1.165) is 43.8 Å². The zero-order chi connectivity index (χ0) is 16.8. The number of hydrogen-bond donors (Lipinski definition) is 2. The molecule has 1 aromatic rings. The molecule has 1 amide bonds. The summed E-state index contributed by atoms with van der Waals surface area (Å²) >= 11 is 6.01. The lowest BCUT2D eigenvalue weighted by atomic mass is 10.0. The first-order valence-electron chi connectivity index (χ1n) is 8.77. The van der Waals surface area contributed by atoms with Gasteiger partial charge in [0, 0.05) is 24.7 Å². The largest absolute Gasteiger partial charge is 0.379 e. The van der Waals surface area contributed by atoms with Gasteiger partial charge < -0.3 is 15.4 Å². The number of rotatable bonds is 8. The molecule has 1 unspecified atom stereocenters. The van der Waals surface area contributed by atoms with Crippen molar-refractivity contribution in [2.24, 2.45) is 5.92 Å². The number of benzene rings is 1. The molecule has 1 atom stereocenters. The summed E-state index contributed by atoms with van der Waals surface area (Å²) in [5, 5.41) is 7.03. The third-order valence-electron chi connectivity index (χ3n) is 4.65. The molecule has 0 radical (unpaired) electrons. The summed E-state index contributed by atoms with van der Waals surface area (Å²) < 4.78 is 5.45. The van der Waals surface area contributed by atoms with Gasteiger partial charge in [-0.2, -0.15) is 0 Å². The van der Waals surface area contributed by atoms with Crippen molar-refractivity contribution in [3.05, 3.63) is 34.9 Å². The van der Waals surface area contributed by atoms with Crippen LogP contribution in [0.25, 0.3) is 0 Å². The molecule has 1 aliphatic heterocycles. The normalized spacial score (nSPS) is 19.9. The first-order chi connectivity index (χ1) is 11.7. The van der Waals surface area contributed by atoms with E-state index in [-0.39, 0.29) is 11.9 Å². The van der Waals surface area contributed by atoms with Crippen LogP contribution in [0.5, 0.6) is 0 Å². The zero-order valence-electron chi connectivity index (χ0n) is 14.0. The minimum Gasteiger partial charge on any atom is -0.379 e. The Balaban J connectivity index is 1.54. The summed E-state index contributed by atoms with van der Waals surface area (Å²) in [7, 11) is 0. The Morgan fingerprint density at radius 2 is 1.96 bits per heavy atom. The van der Waals surface area contributed by atoms with Crippen molar-refractivity contribution < 1.29 is 9.53 Å². The highest BCUT2D eigenvalue weighted by Crippen LogP contribution is 2.27. The molecule has 1 saturated carbocycles. The van der Waals surface area contributed by atoms with Crippen LogP contribution in [-0.2, 0) is 9.53 Å². The van der Waals surface area contributed by atoms with Crippen LogP contribution in [0.2, 0.25) is 5.02 Å². The second-order valence-corrected chi connectivity index (χ2v) is 7.03. The van der Waals surface area contributed by atoms with Crippen LogP contribution in [-0.4, -0.2) is 56.7 Å². The SMILES string of the molecule is O=C(CNCC1CC1)NCC(c1ccc(Cl)cc1)N1CCOCC1. The van der Waals surface area contributed by atoms with Crippen LogP contribution < -0.4 is 10.6 Å². The molecule has 0 spiro atoms. The van der Waals surface area contributed by atoms with Crippen LogP contribution in [0.3, 0.4) is 0 Å². The molecule has 2 fully saturated rings. The third-order valence-corrected chi connectivity index (χ3v) is 4.90. The molecule has 24 heavy (non-hydrogen) atoms. The average Bonchev–Trinajstić information content (AvgIpc) is 3.42. The zero-order valence-corrected chi connectivity index (χ0v) is 14.7. The smallest absolute Gasteiger partial charge is 0.234 e. The Morgan fingerprint density at radius 1 is 1.25 bits per heavy atom. The standard InChI is InChI=1S/C18H26ClN3O2/c19-16-5-3-15(4-6-16)17(22-7-9-24-10-8-22)12-21-18(23)13-20-11-14-1-2-14/h3-6,14,17,20H,1-2,7-13H2,(H,21,23). The van der Waals surface area contributed by atoms with Gasteiger partial charge in [-0.15, -0.1) is 0 Å². The fourth-order valence-electron chi connectivity index (χ4n) is 3.02. The Kier molecular flexibility index (Phi) is 6.49. The highest BCUT2D eigenvalue weighted by Gasteiger charge is 2.24. The van der Waals surface area contributed by atoms with Crippen LogP contribution in [0.1, 0.15) is 24.4 Å². The van der Waals surface area contributed by atoms with E-state index in [4.69, 9.17) is 16.3 Å². The topological polar surface area (TPSA) is 53.6 Å². The van der Waals surface area contributed by atoms with E-state index in [1.54, 1.807) is 0 Å². The fraction of sp³-hybridized carbons (Fsp3) is 0.611. The van der Waals surface area contributed by atoms with E-state index in [1.165, 1.54) is 18.4 Å². The summed E-state index contributed by atoms with van der Waals surface area (Å²) in [6.45, 7) is 5.18. The van der Waals surface area contributed by atoms with Crippen LogP contribution >= 0.6 is 11.6 Å². The van der Waals surface area contributed by atoms with Gasteiger partial charge in [0.05, 0.1) is 25.8 Å².